The van der Waals surface area contributed by atoms with Crippen molar-refractivity contribution in [3.8, 4) is 5.75 Å². The molecule has 1 aromatic rings. The van der Waals surface area contributed by atoms with Crippen LogP contribution in [0.2, 0.25) is 10.0 Å². The van der Waals surface area contributed by atoms with Crippen LogP contribution >= 0.6 is 23.2 Å². The predicted octanol–water partition coefficient (Wildman–Crippen LogP) is 3.34. The highest BCUT2D eigenvalue weighted by molar-refractivity contribution is 6.35. The molecular weight excluding hydrogens is 285 g/mol. The van der Waals surface area contributed by atoms with E-state index in [1.165, 1.54) is 6.07 Å². The monoisotopic (exact) mass is 303 g/mol. The van der Waals surface area contributed by atoms with Gasteiger partial charge >= 0.3 is 0 Å². The smallest absolute Gasteiger partial charge is 0.138 e. The van der Waals surface area contributed by atoms with E-state index in [-0.39, 0.29) is 17.4 Å². The van der Waals surface area contributed by atoms with Crippen LogP contribution in [0.4, 0.5) is 0 Å². The first-order chi connectivity index (χ1) is 9.10. The van der Waals surface area contributed by atoms with E-state index in [0.717, 1.165) is 31.2 Å². The molecule has 0 spiro atoms. The second kappa shape index (κ2) is 6.80. The van der Waals surface area contributed by atoms with Crippen molar-refractivity contribution in [2.24, 2.45) is 5.92 Å². The second-order valence-corrected chi connectivity index (χ2v) is 6.02. The van der Waals surface area contributed by atoms with E-state index in [4.69, 9.17) is 28.3 Å². The molecule has 0 unspecified atom stereocenters. The van der Waals surface area contributed by atoms with Crippen molar-refractivity contribution in [3.05, 3.63) is 27.7 Å². The van der Waals surface area contributed by atoms with Gasteiger partial charge in [0, 0.05) is 29.8 Å². The summed E-state index contributed by atoms with van der Waals surface area (Å²) in [7, 11) is 0. The first-order valence-electron chi connectivity index (χ1n) is 6.61. The molecule has 1 aliphatic carbocycles. The van der Waals surface area contributed by atoms with Crippen molar-refractivity contribution >= 4 is 23.2 Å². The predicted molar refractivity (Wildman–Crippen MR) is 77.8 cm³/mol. The fourth-order valence-corrected chi connectivity index (χ4v) is 3.09. The molecule has 0 amide bonds. The van der Waals surface area contributed by atoms with Crippen LogP contribution in [-0.4, -0.2) is 22.9 Å². The van der Waals surface area contributed by atoms with Gasteiger partial charge in [-0.25, -0.2) is 0 Å². The number of rotatable bonds is 4. The Kier molecular flexibility index (Phi) is 5.34. The van der Waals surface area contributed by atoms with E-state index in [1.54, 1.807) is 6.07 Å². The van der Waals surface area contributed by atoms with Gasteiger partial charge in [0.25, 0.3) is 0 Å². The number of aliphatic hydroxyl groups excluding tert-OH is 1. The SMILES string of the molecule is OCC1CCC(NCc2cc(Cl)cc(Cl)c2O)CC1. The van der Waals surface area contributed by atoms with Crippen LogP contribution in [0.15, 0.2) is 12.1 Å². The number of aromatic hydroxyl groups is 1. The molecule has 0 aliphatic heterocycles. The Hall–Kier alpha value is -0.480. The molecule has 0 bridgehead atoms. The Morgan fingerprint density at radius 1 is 1.16 bits per heavy atom. The van der Waals surface area contributed by atoms with Crippen LogP contribution in [0.25, 0.3) is 0 Å². The van der Waals surface area contributed by atoms with Gasteiger partial charge < -0.3 is 15.5 Å². The molecule has 1 fully saturated rings. The van der Waals surface area contributed by atoms with Crippen LogP contribution < -0.4 is 5.32 Å². The van der Waals surface area contributed by atoms with Gasteiger partial charge in [-0.05, 0) is 43.7 Å². The summed E-state index contributed by atoms with van der Waals surface area (Å²) in [6, 6.07) is 3.70. The van der Waals surface area contributed by atoms with E-state index >= 15 is 0 Å². The zero-order valence-electron chi connectivity index (χ0n) is 10.7. The molecule has 106 valence electrons. The minimum atomic E-state index is 0.0996. The van der Waals surface area contributed by atoms with Crippen LogP contribution in [0, 0.1) is 5.92 Å². The average molecular weight is 304 g/mol. The Labute approximate surface area is 123 Å². The Morgan fingerprint density at radius 3 is 2.47 bits per heavy atom. The number of phenolic OH excluding ortho intramolecular Hbond substituents is 1. The van der Waals surface area contributed by atoms with Crippen molar-refractivity contribution in [1.29, 1.82) is 0 Å². The van der Waals surface area contributed by atoms with Gasteiger partial charge in [0.05, 0.1) is 5.02 Å². The number of phenols is 1. The van der Waals surface area contributed by atoms with Crippen LogP contribution in [0.5, 0.6) is 5.75 Å². The van der Waals surface area contributed by atoms with Gasteiger partial charge in [0.1, 0.15) is 5.75 Å². The second-order valence-electron chi connectivity index (χ2n) is 5.18. The number of nitrogens with one attached hydrogen (secondary N) is 1. The van der Waals surface area contributed by atoms with Crippen LogP contribution in [0.1, 0.15) is 31.2 Å². The zero-order valence-corrected chi connectivity index (χ0v) is 12.2. The summed E-state index contributed by atoms with van der Waals surface area (Å²) in [4.78, 5) is 0. The molecule has 0 radical (unpaired) electrons. The summed E-state index contributed by atoms with van der Waals surface area (Å²) >= 11 is 11.8. The van der Waals surface area contributed by atoms with E-state index < -0.39 is 0 Å². The van der Waals surface area contributed by atoms with Gasteiger partial charge in [0.15, 0.2) is 0 Å². The molecule has 0 atom stereocenters. The average Bonchev–Trinajstić information content (AvgIpc) is 2.41. The largest absolute Gasteiger partial charge is 0.506 e. The quantitative estimate of drug-likeness (QED) is 0.799. The van der Waals surface area contributed by atoms with Crippen molar-refractivity contribution < 1.29 is 10.2 Å². The molecular formula is C14H19Cl2NO2. The lowest BCUT2D eigenvalue weighted by Gasteiger charge is -2.28. The highest BCUT2D eigenvalue weighted by Crippen LogP contribution is 2.31. The van der Waals surface area contributed by atoms with Gasteiger partial charge in [-0.1, -0.05) is 23.2 Å². The zero-order chi connectivity index (χ0) is 13.8. The maximum absolute atomic E-state index is 9.87. The lowest BCUT2D eigenvalue weighted by molar-refractivity contribution is 0.175. The summed E-state index contributed by atoms with van der Waals surface area (Å²) in [5.74, 6) is 0.551. The molecule has 1 aliphatic rings. The van der Waals surface area contributed by atoms with E-state index in [0.29, 0.717) is 23.5 Å². The summed E-state index contributed by atoms with van der Waals surface area (Å²) in [6.45, 7) is 0.845. The first kappa shape index (κ1) is 14.9. The van der Waals surface area contributed by atoms with Crippen molar-refractivity contribution in [1.82, 2.24) is 5.32 Å². The Balaban J connectivity index is 1.89. The van der Waals surface area contributed by atoms with Gasteiger partial charge in [0.2, 0.25) is 0 Å². The number of aliphatic hydroxyl groups is 1. The molecule has 2 rings (SSSR count). The van der Waals surface area contributed by atoms with Crippen LogP contribution in [0.3, 0.4) is 0 Å². The van der Waals surface area contributed by atoms with Gasteiger partial charge in [-0.15, -0.1) is 0 Å². The standard InChI is InChI=1S/C14H19Cl2NO2/c15-11-5-10(14(19)13(16)6-11)7-17-12-3-1-9(8-18)2-4-12/h5-6,9,12,17-19H,1-4,7-8H2. The molecule has 5 heteroatoms. The third-order valence-electron chi connectivity index (χ3n) is 3.79. The van der Waals surface area contributed by atoms with Crippen molar-refractivity contribution in [2.75, 3.05) is 6.61 Å². The van der Waals surface area contributed by atoms with E-state index in [1.807, 2.05) is 0 Å². The third kappa shape index (κ3) is 3.99. The molecule has 3 nitrogen and oxygen atoms in total. The molecule has 0 saturated heterocycles. The minimum absolute atomic E-state index is 0.0996. The fraction of sp³-hybridized carbons (Fsp3) is 0.571. The molecule has 0 aromatic heterocycles. The minimum Gasteiger partial charge on any atom is -0.506 e. The normalized spacial score (nSPS) is 23.5. The number of benzene rings is 1. The number of hydrogen-bond acceptors (Lipinski definition) is 3. The number of hydrogen-bond donors (Lipinski definition) is 3. The Bertz CT molecular complexity index is 432. The Morgan fingerprint density at radius 2 is 1.84 bits per heavy atom. The molecule has 19 heavy (non-hydrogen) atoms. The lowest BCUT2D eigenvalue weighted by Crippen LogP contribution is -2.33. The molecule has 3 N–H and O–H groups in total. The molecule has 1 saturated carbocycles. The van der Waals surface area contributed by atoms with Crippen molar-refractivity contribution in [3.63, 3.8) is 0 Å². The molecule has 1 aromatic carbocycles. The summed E-state index contributed by atoms with van der Waals surface area (Å²) in [5.41, 5.74) is 0.724. The maximum atomic E-state index is 9.87. The van der Waals surface area contributed by atoms with Gasteiger partial charge in [-0.3, -0.25) is 0 Å². The maximum Gasteiger partial charge on any atom is 0.138 e. The fourth-order valence-electron chi connectivity index (χ4n) is 2.56. The first-order valence-corrected chi connectivity index (χ1v) is 7.37. The lowest BCUT2D eigenvalue weighted by atomic mass is 9.86. The molecule has 0 heterocycles. The topological polar surface area (TPSA) is 52.5 Å². The summed E-state index contributed by atoms with van der Waals surface area (Å²) in [5, 5.41) is 23.2. The van der Waals surface area contributed by atoms with E-state index in [9.17, 15) is 5.11 Å². The van der Waals surface area contributed by atoms with Crippen LogP contribution in [-0.2, 0) is 6.54 Å². The number of halogens is 2. The summed E-state index contributed by atoms with van der Waals surface area (Å²) in [6.07, 6.45) is 4.22. The third-order valence-corrected chi connectivity index (χ3v) is 4.30. The van der Waals surface area contributed by atoms with E-state index in [2.05, 4.69) is 5.32 Å². The van der Waals surface area contributed by atoms with Crippen molar-refractivity contribution in [2.45, 2.75) is 38.3 Å². The highest BCUT2D eigenvalue weighted by Gasteiger charge is 2.20. The highest BCUT2D eigenvalue weighted by atomic mass is 35.5. The van der Waals surface area contributed by atoms with Gasteiger partial charge in [-0.2, -0.15) is 0 Å². The summed E-state index contributed by atoms with van der Waals surface area (Å²) < 4.78 is 0.